The highest BCUT2D eigenvalue weighted by molar-refractivity contribution is 6.35. The molecule has 0 fully saturated rings. The van der Waals surface area contributed by atoms with Gasteiger partial charge in [-0.15, -0.1) is 0 Å². The maximum Gasteiger partial charge on any atom is 0.342 e. The number of hydrogen-bond acceptors (Lipinski definition) is 17. The van der Waals surface area contributed by atoms with Crippen LogP contribution < -0.4 is 17.2 Å². The monoisotopic (exact) mass is 1080 g/mol. The SMILES string of the molecule is COC(=O)c1cc(Cl)c(C(=O)OC)cc1N.Nc1cc(C(=O)O)c(Cl)cc1C(=O)O.Nc1cc(C(=O)O)ccc1C(=O)O.O=C(O)c1cc([N+](=O)[O-])c(C(=O)O)cc1Cl.O=C(O)c1ccc(C(=O)O)c(Cl)c1. The number of anilines is 3. The first-order chi connectivity index (χ1) is 33.3. The van der Waals surface area contributed by atoms with E-state index in [4.69, 9.17) is 104 Å². The number of carboxylic acids is 8. The Balaban J connectivity index is 0.000000451. The van der Waals surface area contributed by atoms with Gasteiger partial charge in [-0.3, -0.25) is 10.1 Å². The molecule has 5 aromatic carbocycles. The second-order valence-corrected chi connectivity index (χ2v) is 14.5. The number of hydrogen-bond donors (Lipinski definition) is 11. The number of rotatable bonds is 11. The van der Waals surface area contributed by atoms with Crippen molar-refractivity contribution in [2.24, 2.45) is 0 Å². The summed E-state index contributed by atoms with van der Waals surface area (Å²) in [5, 5.41) is 78.8. The van der Waals surface area contributed by atoms with Crippen LogP contribution in [0.25, 0.3) is 0 Å². The Labute approximate surface area is 420 Å². The van der Waals surface area contributed by atoms with Crippen LogP contribution in [-0.2, 0) is 9.47 Å². The van der Waals surface area contributed by atoms with E-state index in [9.17, 15) is 58.1 Å². The first-order valence-corrected chi connectivity index (χ1v) is 19.7. The molecule has 0 aliphatic heterocycles. The van der Waals surface area contributed by atoms with E-state index in [1.807, 2.05) is 0 Å². The van der Waals surface area contributed by atoms with E-state index in [1.54, 1.807) is 0 Å². The number of methoxy groups -OCH3 is 2. The van der Waals surface area contributed by atoms with Crippen molar-refractivity contribution in [1.29, 1.82) is 0 Å². The van der Waals surface area contributed by atoms with Gasteiger partial charge in [-0.2, -0.15) is 0 Å². The van der Waals surface area contributed by atoms with Crippen LogP contribution in [0.3, 0.4) is 0 Å². The number of aromatic carboxylic acids is 8. The zero-order valence-corrected chi connectivity index (χ0v) is 38.9. The normalized spacial score (nSPS) is 9.69. The van der Waals surface area contributed by atoms with Gasteiger partial charge in [0.2, 0.25) is 0 Å². The Kier molecular flexibility index (Phi) is 22.9. The van der Waals surface area contributed by atoms with Crippen LogP contribution in [0.2, 0.25) is 20.1 Å². The van der Waals surface area contributed by atoms with Crippen LogP contribution >= 0.6 is 46.4 Å². The van der Waals surface area contributed by atoms with Gasteiger partial charge in [0.15, 0.2) is 0 Å². The molecule has 0 spiro atoms. The molecular weight excluding hydrogens is 1050 g/mol. The standard InChI is InChI=1S/C10H10ClNO4.C8H4ClNO6.C8H6ClNO4.C8H5ClO4.C8H7NO4/c1-15-9(13)5-4-8(12)6(3-7(5)11)10(14)16-2;9-5-1-4(8(13)14)6(10(15)16)2-3(5)7(11)12;9-5-1-4(8(13)14)6(10)2-3(5)7(11)12;2*9-6-3-4(7(10)11)1-2-5(6)8(12)13/h3-4H,12H2,1-2H3;1-2H,(H,11,12)(H,13,14);1-2H,10H2,(H,11,12)(H,13,14);1-3H,(H,10,11)(H,12,13);1-3H,9H2,(H,10,11)(H,12,13). The summed E-state index contributed by atoms with van der Waals surface area (Å²) in [5.41, 5.74) is 13.7. The smallest absolute Gasteiger partial charge is 0.342 e. The van der Waals surface area contributed by atoms with Gasteiger partial charge < -0.3 is 67.5 Å². The number of carbonyl (C=O) groups excluding carboxylic acids is 2. The molecule has 0 saturated heterocycles. The number of carboxylic acid groups (broad SMARTS) is 8. The van der Waals surface area contributed by atoms with Crippen molar-refractivity contribution in [1.82, 2.24) is 0 Å². The molecule has 5 aromatic rings. The Morgan fingerprint density at radius 2 is 0.722 bits per heavy atom. The number of nitrogens with two attached hydrogens (primary N) is 3. The molecule has 0 amide bonds. The van der Waals surface area contributed by atoms with Gasteiger partial charge >= 0.3 is 59.7 Å². The maximum atomic E-state index is 11.3. The number of esters is 2. The van der Waals surface area contributed by atoms with E-state index in [0.717, 1.165) is 36.4 Å². The average molecular weight is 1090 g/mol. The summed E-state index contributed by atoms with van der Waals surface area (Å²) < 4.78 is 9.01. The molecule has 30 heteroatoms. The molecule has 72 heavy (non-hydrogen) atoms. The van der Waals surface area contributed by atoms with Crippen LogP contribution in [0.15, 0.2) is 72.8 Å². The Bertz CT molecular complexity index is 2880. The van der Waals surface area contributed by atoms with Gasteiger partial charge in [-0.25, -0.2) is 47.9 Å². The number of nitro benzene ring substituents is 1. The third-order valence-corrected chi connectivity index (χ3v) is 9.52. The van der Waals surface area contributed by atoms with Crippen LogP contribution in [-0.4, -0.2) is 120 Å². The van der Waals surface area contributed by atoms with E-state index in [1.165, 1.54) is 44.6 Å². The van der Waals surface area contributed by atoms with Crippen molar-refractivity contribution in [3.63, 3.8) is 0 Å². The Hall–Kier alpha value is -9.24. The molecule has 0 bridgehead atoms. The van der Waals surface area contributed by atoms with Crippen molar-refractivity contribution < 1.29 is 103 Å². The molecule has 380 valence electrons. The van der Waals surface area contributed by atoms with Crippen LogP contribution in [0, 0.1) is 10.1 Å². The molecule has 0 aromatic heterocycles. The number of ether oxygens (including phenoxy) is 2. The van der Waals surface area contributed by atoms with Gasteiger partial charge in [-0.1, -0.05) is 46.4 Å². The van der Waals surface area contributed by atoms with E-state index in [-0.39, 0.29) is 81.7 Å². The minimum absolute atomic E-state index is 0.0255. The highest BCUT2D eigenvalue weighted by Gasteiger charge is 2.25. The number of halogens is 4. The Morgan fingerprint density at radius 3 is 1.11 bits per heavy atom. The third-order valence-electron chi connectivity index (χ3n) is 8.27. The molecule has 0 unspecified atom stereocenters. The molecule has 0 saturated carbocycles. The molecule has 0 heterocycles. The van der Waals surface area contributed by atoms with Crippen molar-refractivity contribution in [2.75, 3.05) is 31.4 Å². The van der Waals surface area contributed by atoms with E-state index < -0.39 is 81.4 Å². The Morgan fingerprint density at radius 1 is 0.403 bits per heavy atom. The molecule has 0 aliphatic carbocycles. The lowest BCUT2D eigenvalue weighted by Crippen LogP contribution is -2.09. The molecule has 0 aliphatic rings. The van der Waals surface area contributed by atoms with Crippen LogP contribution in [0.5, 0.6) is 0 Å². The summed E-state index contributed by atoms with van der Waals surface area (Å²) in [6, 6.07) is 12.9. The zero-order valence-electron chi connectivity index (χ0n) is 35.9. The number of nitrogen functional groups attached to an aromatic ring is 3. The minimum Gasteiger partial charge on any atom is -0.478 e. The topological polar surface area (TPSA) is 472 Å². The molecule has 0 atom stereocenters. The minimum atomic E-state index is -1.55. The zero-order chi connectivity index (χ0) is 55.6. The fourth-order valence-electron chi connectivity index (χ4n) is 4.84. The number of nitrogens with zero attached hydrogens (tertiary/aromatic N) is 1. The van der Waals surface area contributed by atoms with Crippen molar-refractivity contribution in [3.8, 4) is 0 Å². The van der Waals surface area contributed by atoms with Crippen molar-refractivity contribution in [2.45, 2.75) is 0 Å². The second kappa shape index (κ2) is 27.1. The highest BCUT2D eigenvalue weighted by Crippen LogP contribution is 2.28. The lowest BCUT2D eigenvalue weighted by molar-refractivity contribution is -0.385. The summed E-state index contributed by atoms with van der Waals surface area (Å²) in [6.07, 6.45) is 0. The van der Waals surface area contributed by atoms with Crippen molar-refractivity contribution in [3.05, 3.63) is 159 Å². The highest BCUT2D eigenvalue weighted by atomic mass is 35.5. The fourth-order valence-corrected chi connectivity index (χ4v) is 5.83. The average Bonchev–Trinajstić information content (AvgIpc) is 3.29. The number of nitro groups is 1. The molecule has 26 nitrogen and oxygen atoms in total. The summed E-state index contributed by atoms with van der Waals surface area (Å²) >= 11 is 22.4. The van der Waals surface area contributed by atoms with E-state index in [2.05, 4.69) is 9.47 Å². The number of benzene rings is 5. The van der Waals surface area contributed by atoms with Gasteiger partial charge in [0.25, 0.3) is 5.69 Å². The first kappa shape index (κ1) is 60.8. The molecule has 14 N–H and O–H groups in total. The van der Waals surface area contributed by atoms with Crippen LogP contribution in [0.4, 0.5) is 22.7 Å². The van der Waals surface area contributed by atoms with Gasteiger partial charge in [0.1, 0.15) is 5.56 Å². The predicted octanol–water partition coefficient (Wildman–Crippen LogP) is 6.86. The van der Waals surface area contributed by atoms with E-state index in [0.29, 0.717) is 6.07 Å². The fraction of sp³-hybridized carbons (Fsp3) is 0.0476. The third kappa shape index (κ3) is 17.1. The van der Waals surface area contributed by atoms with Gasteiger partial charge in [0, 0.05) is 23.1 Å². The lowest BCUT2D eigenvalue weighted by atomic mass is 10.1. The van der Waals surface area contributed by atoms with Gasteiger partial charge in [0.05, 0.1) is 89.3 Å². The summed E-state index contributed by atoms with van der Waals surface area (Å²) in [5.74, 6) is -11.4. The molecule has 5 rings (SSSR count). The first-order valence-electron chi connectivity index (χ1n) is 18.2. The number of carbonyl (C=O) groups is 10. The summed E-state index contributed by atoms with van der Waals surface area (Å²) in [6.45, 7) is 0. The second-order valence-electron chi connectivity index (χ2n) is 12.9. The van der Waals surface area contributed by atoms with Gasteiger partial charge in [-0.05, 0) is 66.7 Å². The van der Waals surface area contributed by atoms with Crippen molar-refractivity contribution >= 4 is 129 Å². The maximum absolute atomic E-state index is 11.3. The van der Waals surface area contributed by atoms with E-state index >= 15 is 0 Å². The van der Waals surface area contributed by atoms with Crippen LogP contribution in [0.1, 0.15) is 104 Å². The summed E-state index contributed by atoms with van der Waals surface area (Å²) in [7, 11) is 2.45. The molecule has 0 radical (unpaired) electrons. The molecular formula is C42H32Cl4N4O22. The summed E-state index contributed by atoms with van der Waals surface area (Å²) in [4.78, 5) is 116. The quantitative estimate of drug-likeness (QED) is 0.0278. The lowest BCUT2D eigenvalue weighted by Gasteiger charge is -2.07. The largest absolute Gasteiger partial charge is 0.478 e. The predicted molar refractivity (Wildman–Crippen MR) is 250 cm³/mol.